The molecule has 0 aromatic heterocycles. The summed E-state index contributed by atoms with van der Waals surface area (Å²) >= 11 is 0. The van der Waals surface area contributed by atoms with Crippen molar-refractivity contribution < 1.29 is 22.7 Å². The maximum atomic E-state index is 13.3. The summed E-state index contributed by atoms with van der Waals surface area (Å²) in [6.07, 6.45) is 0. The summed E-state index contributed by atoms with van der Waals surface area (Å²) in [4.78, 5) is 13.0. The Morgan fingerprint density at radius 3 is 2.42 bits per heavy atom. The Morgan fingerprint density at radius 2 is 1.68 bits per heavy atom. The van der Waals surface area contributed by atoms with Gasteiger partial charge in [0, 0.05) is 22.9 Å². The number of anilines is 2. The molecule has 0 unspecified atom stereocenters. The molecule has 0 aliphatic carbocycles. The molecule has 3 aromatic carbocycles. The van der Waals surface area contributed by atoms with Crippen LogP contribution in [0.1, 0.15) is 5.56 Å². The number of sulfonamides is 1. The van der Waals surface area contributed by atoms with Crippen LogP contribution in [-0.2, 0) is 14.8 Å². The number of amides is 1. The molecular weight excluding hydrogens is 416 g/mol. The number of hydrogen-bond acceptors (Lipinski definition) is 5. The van der Waals surface area contributed by atoms with Crippen molar-refractivity contribution in [2.24, 2.45) is 0 Å². The second-order valence-electron chi connectivity index (χ2n) is 7.15. The molecule has 31 heavy (non-hydrogen) atoms. The monoisotopic (exact) mass is 438 g/mol. The molecule has 0 bridgehead atoms. The van der Waals surface area contributed by atoms with Crippen LogP contribution < -0.4 is 19.1 Å². The molecule has 0 radical (unpaired) electrons. The van der Waals surface area contributed by atoms with E-state index in [0.29, 0.717) is 28.4 Å². The lowest BCUT2D eigenvalue weighted by Gasteiger charge is -2.31. The summed E-state index contributed by atoms with van der Waals surface area (Å²) < 4.78 is 38.3. The second-order valence-corrected chi connectivity index (χ2v) is 8.98. The predicted molar refractivity (Wildman–Crippen MR) is 119 cm³/mol. The molecule has 0 fully saturated rings. The lowest BCUT2D eigenvalue weighted by atomic mass is 10.0. The van der Waals surface area contributed by atoms with Crippen molar-refractivity contribution in [3.63, 3.8) is 0 Å². The van der Waals surface area contributed by atoms with Gasteiger partial charge in [-0.05, 0) is 37.3 Å². The van der Waals surface area contributed by atoms with E-state index < -0.39 is 15.9 Å². The van der Waals surface area contributed by atoms with E-state index in [9.17, 15) is 13.2 Å². The molecule has 0 atom stereocenters. The van der Waals surface area contributed by atoms with Crippen LogP contribution in [0.5, 0.6) is 11.5 Å². The first-order chi connectivity index (χ1) is 14.8. The Morgan fingerprint density at radius 1 is 0.935 bits per heavy atom. The van der Waals surface area contributed by atoms with Crippen LogP contribution in [0.3, 0.4) is 0 Å². The molecule has 1 aliphatic rings. The quantitative estimate of drug-likeness (QED) is 0.655. The van der Waals surface area contributed by atoms with Gasteiger partial charge in [0.25, 0.3) is 10.0 Å². The summed E-state index contributed by atoms with van der Waals surface area (Å²) in [7, 11) is -0.870. The van der Waals surface area contributed by atoms with E-state index in [1.165, 1.54) is 14.2 Å². The van der Waals surface area contributed by atoms with Crippen molar-refractivity contribution in [3.05, 3.63) is 66.2 Å². The van der Waals surface area contributed by atoms with Gasteiger partial charge >= 0.3 is 0 Å². The van der Waals surface area contributed by atoms with E-state index in [1.54, 1.807) is 48.5 Å². The summed E-state index contributed by atoms with van der Waals surface area (Å²) in [6, 6.07) is 17.3. The van der Waals surface area contributed by atoms with Gasteiger partial charge in [-0.3, -0.25) is 9.10 Å². The summed E-state index contributed by atoms with van der Waals surface area (Å²) in [5.41, 5.74) is 3.37. The van der Waals surface area contributed by atoms with Gasteiger partial charge in [0.15, 0.2) is 11.5 Å². The molecule has 1 N–H and O–H groups in total. The summed E-state index contributed by atoms with van der Waals surface area (Å²) in [5.74, 6) is 0.516. The van der Waals surface area contributed by atoms with E-state index in [-0.39, 0.29) is 11.4 Å². The summed E-state index contributed by atoms with van der Waals surface area (Å²) in [6.45, 7) is 1.58. The number of benzene rings is 3. The number of carbonyl (C=O) groups excluding carboxylic acids is 1. The third-order valence-electron chi connectivity index (χ3n) is 5.12. The first-order valence-corrected chi connectivity index (χ1v) is 11.0. The highest BCUT2D eigenvalue weighted by Gasteiger charge is 2.35. The second kappa shape index (κ2) is 7.96. The fourth-order valence-corrected chi connectivity index (χ4v) is 5.31. The number of nitrogens with zero attached hydrogens (tertiary/aromatic N) is 1. The fourth-order valence-electron chi connectivity index (χ4n) is 3.66. The first kappa shape index (κ1) is 20.7. The van der Waals surface area contributed by atoms with Crippen LogP contribution >= 0.6 is 0 Å². The van der Waals surface area contributed by atoms with E-state index in [4.69, 9.17) is 9.47 Å². The highest BCUT2D eigenvalue weighted by Crippen LogP contribution is 2.43. The van der Waals surface area contributed by atoms with Crippen LogP contribution in [-0.4, -0.2) is 35.1 Å². The largest absolute Gasteiger partial charge is 0.493 e. The Kier molecular flexibility index (Phi) is 5.32. The normalized spacial score (nSPS) is 13.7. The van der Waals surface area contributed by atoms with Crippen LogP contribution in [0.15, 0.2) is 65.6 Å². The minimum Gasteiger partial charge on any atom is -0.493 e. The number of aryl methyl sites for hydroxylation is 1. The van der Waals surface area contributed by atoms with Gasteiger partial charge in [0.1, 0.15) is 6.54 Å². The van der Waals surface area contributed by atoms with Crippen molar-refractivity contribution in [1.82, 2.24) is 0 Å². The van der Waals surface area contributed by atoms with Gasteiger partial charge in [-0.25, -0.2) is 8.42 Å². The fraction of sp³-hybridized carbons (Fsp3) is 0.174. The van der Waals surface area contributed by atoms with Crippen LogP contribution in [0, 0.1) is 6.92 Å². The molecule has 8 heteroatoms. The molecule has 160 valence electrons. The molecule has 1 amide bonds. The van der Waals surface area contributed by atoms with Crippen molar-refractivity contribution in [2.75, 3.05) is 30.4 Å². The zero-order valence-electron chi connectivity index (χ0n) is 17.4. The van der Waals surface area contributed by atoms with Gasteiger partial charge in [-0.15, -0.1) is 0 Å². The van der Waals surface area contributed by atoms with Gasteiger partial charge < -0.3 is 14.8 Å². The minimum atomic E-state index is -3.89. The molecule has 3 aromatic rings. The Hall–Kier alpha value is -3.52. The van der Waals surface area contributed by atoms with Crippen molar-refractivity contribution in [2.45, 2.75) is 11.8 Å². The van der Waals surface area contributed by atoms with Gasteiger partial charge in [-0.2, -0.15) is 0 Å². The third-order valence-corrected chi connectivity index (χ3v) is 6.94. The first-order valence-electron chi connectivity index (χ1n) is 9.60. The van der Waals surface area contributed by atoms with E-state index in [0.717, 1.165) is 15.4 Å². The summed E-state index contributed by atoms with van der Waals surface area (Å²) in [5, 5.41) is 2.74. The molecule has 7 nitrogen and oxygen atoms in total. The average molecular weight is 439 g/mol. The minimum absolute atomic E-state index is 0.187. The molecule has 4 rings (SSSR count). The lowest BCUT2D eigenvalue weighted by Crippen LogP contribution is -2.40. The molecule has 1 aliphatic heterocycles. The van der Waals surface area contributed by atoms with Crippen LogP contribution in [0.25, 0.3) is 11.1 Å². The third kappa shape index (κ3) is 3.70. The predicted octanol–water partition coefficient (Wildman–Crippen LogP) is 3.83. The Balaban J connectivity index is 1.68. The molecular formula is C23H22N2O5S. The zero-order valence-corrected chi connectivity index (χ0v) is 18.2. The van der Waals surface area contributed by atoms with Gasteiger partial charge in [-0.1, -0.05) is 29.8 Å². The van der Waals surface area contributed by atoms with E-state index >= 15 is 0 Å². The highest BCUT2D eigenvalue weighted by molar-refractivity contribution is 7.93. The average Bonchev–Trinajstić information content (AvgIpc) is 2.76. The number of fused-ring (bicyclic) bond motifs is 3. The van der Waals surface area contributed by atoms with Crippen molar-refractivity contribution in [1.29, 1.82) is 0 Å². The van der Waals surface area contributed by atoms with Crippen molar-refractivity contribution in [3.8, 4) is 22.6 Å². The number of methoxy groups -OCH3 is 2. The number of ether oxygens (including phenoxy) is 2. The standard InChI is InChI=1S/C23H22N2O5S/c1-15-8-10-19-18(12-15)17-6-4-5-7-22(17)31(27,28)25(19)14-23(26)24-16-9-11-20(29-2)21(13-16)30-3/h4-13H,14H2,1-3H3,(H,24,26). The number of rotatable bonds is 5. The van der Waals surface area contributed by atoms with E-state index in [1.807, 2.05) is 19.1 Å². The van der Waals surface area contributed by atoms with Crippen LogP contribution in [0.2, 0.25) is 0 Å². The topological polar surface area (TPSA) is 84.9 Å². The Labute approximate surface area is 181 Å². The van der Waals surface area contributed by atoms with Crippen molar-refractivity contribution >= 4 is 27.3 Å². The molecule has 0 spiro atoms. The highest BCUT2D eigenvalue weighted by atomic mass is 32.2. The van der Waals surface area contributed by atoms with Gasteiger partial charge in [0.05, 0.1) is 24.8 Å². The zero-order chi connectivity index (χ0) is 22.2. The van der Waals surface area contributed by atoms with Crippen LogP contribution in [0.4, 0.5) is 11.4 Å². The SMILES string of the molecule is COc1ccc(NC(=O)CN2c3ccc(C)cc3-c3ccccc3S2(=O)=O)cc1OC. The molecule has 0 saturated carbocycles. The number of hydrogen-bond donors (Lipinski definition) is 1. The van der Waals surface area contributed by atoms with Gasteiger partial charge in [0.2, 0.25) is 5.91 Å². The van der Waals surface area contributed by atoms with E-state index in [2.05, 4.69) is 5.32 Å². The maximum absolute atomic E-state index is 13.3. The smallest absolute Gasteiger partial charge is 0.265 e. The number of nitrogens with one attached hydrogen (secondary N) is 1. The Bertz CT molecular complexity index is 1270. The number of carbonyl (C=O) groups is 1. The lowest BCUT2D eigenvalue weighted by molar-refractivity contribution is -0.114. The maximum Gasteiger partial charge on any atom is 0.265 e. The molecule has 0 saturated heterocycles. The molecule has 1 heterocycles.